The molecule has 0 radical (unpaired) electrons. The average molecular weight is 223 g/mol. The molecule has 0 amide bonds. The van der Waals surface area contributed by atoms with Crippen molar-refractivity contribution < 1.29 is 9.84 Å². The summed E-state index contributed by atoms with van der Waals surface area (Å²) < 4.78 is 5.46. The Hall–Kier alpha value is -0.590. The maximum Gasteiger partial charge on any atom is 0.110 e. The van der Waals surface area contributed by atoms with E-state index in [1.54, 1.807) is 0 Å². The van der Waals surface area contributed by atoms with Crippen LogP contribution in [0.25, 0.3) is 0 Å². The van der Waals surface area contributed by atoms with Gasteiger partial charge < -0.3 is 9.84 Å². The minimum atomic E-state index is -0.880. The first kappa shape index (κ1) is 11.9. The number of nitrogens with zero attached hydrogens (tertiary/aromatic N) is 1. The van der Waals surface area contributed by atoms with Crippen LogP contribution in [0.15, 0.2) is 0 Å². The highest BCUT2D eigenvalue weighted by atomic mass is 16.5. The largest absolute Gasteiger partial charge is 0.388 e. The van der Waals surface area contributed by atoms with E-state index >= 15 is 0 Å². The van der Waals surface area contributed by atoms with Gasteiger partial charge in [-0.3, -0.25) is 0 Å². The van der Waals surface area contributed by atoms with Crippen molar-refractivity contribution in [3.63, 3.8) is 0 Å². The molecule has 2 unspecified atom stereocenters. The Morgan fingerprint density at radius 1 is 1.19 bits per heavy atom. The Morgan fingerprint density at radius 2 is 1.94 bits per heavy atom. The average Bonchev–Trinajstić information content (AvgIpc) is 2.56. The van der Waals surface area contributed by atoms with Gasteiger partial charge in [0.2, 0.25) is 0 Å². The molecule has 0 bridgehead atoms. The Balaban J connectivity index is 2.37. The fourth-order valence-electron chi connectivity index (χ4n) is 3.52. The van der Waals surface area contributed by atoms with Crippen molar-refractivity contribution in [2.75, 3.05) is 13.2 Å². The highest BCUT2D eigenvalue weighted by Crippen LogP contribution is 2.57. The van der Waals surface area contributed by atoms with Crippen molar-refractivity contribution in [3.05, 3.63) is 0 Å². The van der Waals surface area contributed by atoms with Gasteiger partial charge in [0.1, 0.15) is 5.41 Å². The maximum absolute atomic E-state index is 11.0. The first-order chi connectivity index (χ1) is 7.47. The van der Waals surface area contributed by atoms with Gasteiger partial charge in [-0.2, -0.15) is 5.26 Å². The molecule has 16 heavy (non-hydrogen) atoms. The van der Waals surface area contributed by atoms with Crippen LogP contribution in [0.1, 0.15) is 46.0 Å². The molecule has 1 aliphatic carbocycles. The number of rotatable bonds is 1. The summed E-state index contributed by atoms with van der Waals surface area (Å²) in [4.78, 5) is 0. The fourth-order valence-corrected chi connectivity index (χ4v) is 3.52. The van der Waals surface area contributed by atoms with Crippen LogP contribution in [0.5, 0.6) is 0 Å². The molecule has 0 spiro atoms. The molecule has 0 aromatic carbocycles. The fraction of sp³-hybridized carbons (Fsp3) is 0.923. The number of nitriles is 1. The number of hydrogen-bond donors (Lipinski definition) is 1. The number of hydrogen-bond acceptors (Lipinski definition) is 3. The molecular formula is C13H21NO2. The smallest absolute Gasteiger partial charge is 0.110 e. The predicted molar refractivity (Wildman–Crippen MR) is 60.7 cm³/mol. The van der Waals surface area contributed by atoms with Crippen molar-refractivity contribution >= 4 is 0 Å². The van der Waals surface area contributed by atoms with Gasteiger partial charge in [-0.05, 0) is 37.5 Å². The maximum atomic E-state index is 11.0. The lowest BCUT2D eigenvalue weighted by molar-refractivity contribution is -0.163. The van der Waals surface area contributed by atoms with Crippen molar-refractivity contribution in [3.8, 4) is 6.07 Å². The zero-order valence-electron chi connectivity index (χ0n) is 10.3. The van der Waals surface area contributed by atoms with Crippen LogP contribution in [-0.2, 0) is 4.74 Å². The van der Waals surface area contributed by atoms with Crippen molar-refractivity contribution in [1.82, 2.24) is 0 Å². The summed E-state index contributed by atoms with van der Waals surface area (Å²) in [6.07, 6.45) is 4.38. The third-order valence-electron chi connectivity index (χ3n) is 4.71. The second-order valence-corrected chi connectivity index (χ2v) is 5.95. The Kier molecular flexibility index (Phi) is 2.76. The molecule has 90 valence electrons. The van der Waals surface area contributed by atoms with Crippen LogP contribution in [0.2, 0.25) is 0 Å². The molecule has 3 nitrogen and oxygen atoms in total. The van der Waals surface area contributed by atoms with Crippen molar-refractivity contribution in [1.29, 1.82) is 5.26 Å². The van der Waals surface area contributed by atoms with Crippen LogP contribution in [0.4, 0.5) is 0 Å². The summed E-state index contributed by atoms with van der Waals surface area (Å²) in [6.45, 7) is 5.27. The molecule has 2 rings (SSSR count). The molecule has 1 saturated carbocycles. The minimum absolute atomic E-state index is 0.177. The standard InChI is InChI=1S/C13H21NO2/c1-11(2)5-3-7-13(11,15)12(9-14)6-4-8-16-10-12/h15H,3-8,10H2,1-2H3. The molecule has 1 N–H and O–H groups in total. The lowest BCUT2D eigenvalue weighted by Crippen LogP contribution is -2.57. The molecule has 0 aromatic rings. The molecule has 2 atom stereocenters. The number of ether oxygens (including phenoxy) is 1. The quantitative estimate of drug-likeness (QED) is 0.741. The zero-order chi connectivity index (χ0) is 11.9. The van der Waals surface area contributed by atoms with E-state index in [9.17, 15) is 10.4 Å². The Morgan fingerprint density at radius 3 is 2.38 bits per heavy atom. The van der Waals surface area contributed by atoms with Gasteiger partial charge in [0, 0.05) is 6.61 Å². The van der Waals surface area contributed by atoms with E-state index in [1.165, 1.54) is 0 Å². The van der Waals surface area contributed by atoms with Gasteiger partial charge >= 0.3 is 0 Å². The van der Waals surface area contributed by atoms with Crippen LogP contribution < -0.4 is 0 Å². The summed E-state index contributed by atoms with van der Waals surface area (Å²) in [5.41, 5.74) is -1.75. The first-order valence-electron chi connectivity index (χ1n) is 6.19. The molecule has 1 aliphatic heterocycles. The summed E-state index contributed by atoms with van der Waals surface area (Å²) in [5, 5.41) is 20.5. The van der Waals surface area contributed by atoms with E-state index in [0.717, 1.165) is 38.7 Å². The second-order valence-electron chi connectivity index (χ2n) is 5.95. The van der Waals surface area contributed by atoms with E-state index in [0.29, 0.717) is 6.61 Å². The van der Waals surface area contributed by atoms with E-state index in [2.05, 4.69) is 19.9 Å². The molecular weight excluding hydrogens is 202 g/mol. The topological polar surface area (TPSA) is 53.2 Å². The van der Waals surface area contributed by atoms with E-state index in [-0.39, 0.29) is 5.41 Å². The molecule has 1 heterocycles. The Bertz CT molecular complexity index is 312. The summed E-state index contributed by atoms with van der Waals surface area (Å²) in [7, 11) is 0. The van der Waals surface area contributed by atoms with Gasteiger partial charge in [-0.1, -0.05) is 13.8 Å². The van der Waals surface area contributed by atoms with E-state index < -0.39 is 11.0 Å². The molecule has 1 saturated heterocycles. The van der Waals surface area contributed by atoms with Crippen molar-refractivity contribution in [2.45, 2.75) is 51.6 Å². The number of aliphatic hydroxyl groups is 1. The van der Waals surface area contributed by atoms with Crippen LogP contribution in [0.3, 0.4) is 0 Å². The Labute approximate surface area is 97.4 Å². The first-order valence-corrected chi connectivity index (χ1v) is 6.19. The second kappa shape index (κ2) is 3.72. The highest BCUT2D eigenvalue weighted by molar-refractivity contribution is 5.19. The SMILES string of the molecule is CC1(C)CCCC1(O)C1(C#N)CCCOC1. The molecule has 2 aliphatic rings. The van der Waals surface area contributed by atoms with Gasteiger partial charge in [0.15, 0.2) is 0 Å². The summed E-state index contributed by atoms with van der Waals surface area (Å²) >= 11 is 0. The lowest BCUT2D eigenvalue weighted by Gasteiger charge is -2.49. The minimum Gasteiger partial charge on any atom is -0.388 e. The zero-order valence-corrected chi connectivity index (χ0v) is 10.3. The molecule has 2 fully saturated rings. The third kappa shape index (κ3) is 1.40. The normalized spacial score (nSPS) is 42.9. The molecule has 3 heteroatoms. The summed E-state index contributed by atoms with van der Waals surface area (Å²) in [6, 6.07) is 2.38. The van der Waals surface area contributed by atoms with Gasteiger partial charge in [-0.15, -0.1) is 0 Å². The summed E-state index contributed by atoms with van der Waals surface area (Å²) in [5.74, 6) is 0. The van der Waals surface area contributed by atoms with Gasteiger partial charge in [0.25, 0.3) is 0 Å². The molecule has 0 aromatic heterocycles. The van der Waals surface area contributed by atoms with Crippen LogP contribution >= 0.6 is 0 Å². The van der Waals surface area contributed by atoms with Gasteiger partial charge in [0.05, 0.1) is 18.3 Å². The van der Waals surface area contributed by atoms with Crippen LogP contribution in [0, 0.1) is 22.2 Å². The van der Waals surface area contributed by atoms with E-state index in [1.807, 2.05) is 0 Å². The predicted octanol–water partition coefficient (Wildman–Crippen LogP) is 2.25. The highest BCUT2D eigenvalue weighted by Gasteiger charge is 2.61. The lowest BCUT2D eigenvalue weighted by atomic mass is 9.60. The van der Waals surface area contributed by atoms with Gasteiger partial charge in [-0.25, -0.2) is 0 Å². The van der Waals surface area contributed by atoms with E-state index in [4.69, 9.17) is 4.74 Å². The van der Waals surface area contributed by atoms with Crippen molar-refractivity contribution in [2.24, 2.45) is 10.8 Å². The monoisotopic (exact) mass is 223 g/mol. The van der Waals surface area contributed by atoms with Crippen LogP contribution in [-0.4, -0.2) is 23.9 Å². The third-order valence-corrected chi connectivity index (χ3v) is 4.71.